The Hall–Kier alpha value is -2.32. The van der Waals surface area contributed by atoms with E-state index in [2.05, 4.69) is 20.8 Å². The van der Waals surface area contributed by atoms with Gasteiger partial charge in [-0.2, -0.15) is 0 Å². The Morgan fingerprint density at radius 1 is 1.29 bits per heavy atom. The number of benzene rings is 1. The molecule has 7 nitrogen and oxygen atoms in total. The summed E-state index contributed by atoms with van der Waals surface area (Å²) in [7, 11) is 1.66. The maximum Gasteiger partial charge on any atom is 0.271 e. The highest BCUT2D eigenvalue weighted by molar-refractivity contribution is 7.12. The van der Waals surface area contributed by atoms with E-state index in [0.717, 1.165) is 54.1 Å². The van der Waals surface area contributed by atoms with E-state index in [-0.39, 0.29) is 22.4 Å². The van der Waals surface area contributed by atoms with Gasteiger partial charge in [-0.25, -0.2) is 0 Å². The van der Waals surface area contributed by atoms with E-state index in [4.69, 9.17) is 10.5 Å². The van der Waals surface area contributed by atoms with Gasteiger partial charge in [-0.3, -0.25) is 14.0 Å². The van der Waals surface area contributed by atoms with Gasteiger partial charge < -0.3 is 19.9 Å². The first kappa shape index (κ1) is 17.8. The smallest absolute Gasteiger partial charge is 0.271 e. The van der Waals surface area contributed by atoms with Gasteiger partial charge in [-0.15, -0.1) is 0 Å². The van der Waals surface area contributed by atoms with Crippen LogP contribution < -0.4 is 26.4 Å². The molecule has 0 unspecified atom stereocenters. The van der Waals surface area contributed by atoms with Crippen LogP contribution in [-0.2, 0) is 0 Å². The van der Waals surface area contributed by atoms with E-state index in [1.807, 2.05) is 12.1 Å². The number of ether oxygens (including phenoxy) is 1. The molecule has 1 saturated heterocycles. The second-order valence-electron chi connectivity index (χ2n) is 8.01. The van der Waals surface area contributed by atoms with Crippen LogP contribution in [0.1, 0.15) is 32.2 Å². The molecule has 8 heteroatoms. The lowest BCUT2D eigenvalue weighted by atomic mass is 10.0. The summed E-state index contributed by atoms with van der Waals surface area (Å²) in [6, 6.07) is 4.26. The number of H-pyrrole nitrogens is 1. The minimum atomic E-state index is -0.302. The first-order valence-corrected chi connectivity index (χ1v) is 10.6. The summed E-state index contributed by atoms with van der Waals surface area (Å²) < 4.78 is 10.8. The Kier molecular flexibility index (Phi) is 4.03. The van der Waals surface area contributed by atoms with E-state index >= 15 is 0 Å². The molecule has 2 atom stereocenters. The lowest BCUT2D eigenvalue weighted by Gasteiger charge is -2.24. The van der Waals surface area contributed by atoms with Crippen LogP contribution in [0.15, 0.2) is 21.7 Å². The van der Waals surface area contributed by atoms with Gasteiger partial charge in [-0.05, 0) is 55.8 Å². The van der Waals surface area contributed by atoms with Crippen LogP contribution in [0.2, 0.25) is 0 Å². The van der Waals surface area contributed by atoms with Crippen molar-refractivity contribution in [3.63, 3.8) is 0 Å². The Morgan fingerprint density at radius 3 is 2.71 bits per heavy atom. The lowest BCUT2D eigenvalue weighted by molar-refractivity contribution is 0.417. The molecular weight excluding hydrogens is 376 g/mol. The van der Waals surface area contributed by atoms with Crippen molar-refractivity contribution in [2.24, 2.45) is 11.7 Å². The number of hydrogen-bond donors (Lipinski definition) is 2. The SMILES string of the molecule is COc1c(N2CC[C@@H]([C@H](C)N)C2)ccc2c(=O)c3c(=O)[nH]sc3n(C3CC3)c12. The minimum Gasteiger partial charge on any atom is -0.492 e. The van der Waals surface area contributed by atoms with Gasteiger partial charge in [-0.1, -0.05) is 0 Å². The Labute approximate surface area is 165 Å². The fourth-order valence-corrected chi connectivity index (χ4v) is 5.37. The summed E-state index contributed by atoms with van der Waals surface area (Å²) >= 11 is 1.24. The van der Waals surface area contributed by atoms with Crippen LogP contribution in [0, 0.1) is 5.92 Å². The number of rotatable bonds is 4. The van der Waals surface area contributed by atoms with E-state index < -0.39 is 0 Å². The van der Waals surface area contributed by atoms with Crippen LogP contribution in [0.5, 0.6) is 5.75 Å². The Morgan fingerprint density at radius 2 is 2.07 bits per heavy atom. The molecule has 148 valence electrons. The largest absolute Gasteiger partial charge is 0.492 e. The number of fused-ring (bicyclic) bond motifs is 2. The molecule has 1 saturated carbocycles. The number of anilines is 1. The second kappa shape index (κ2) is 6.35. The van der Waals surface area contributed by atoms with E-state index in [1.165, 1.54) is 11.5 Å². The molecule has 0 amide bonds. The molecule has 2 aromatic heterocycles. The lowest BCUT2D eigenvalue weighted by Crippen LogP contribution is -2.30. The van der Waals surface area contributed by atoms with Crippen molar-refractivity contribution in [3.8, 4) is 5.75 Å². The number of aromatic nitrogens is 2. The summed E-state index contributed by atoms with van der Waals surface area (Å²) in [6.07, 6.45) is 3.14. The van der Waals surface area contributed by atoms with E-state index in [9.17, 15) is 9.59 Å². The number of pyridine rings is 1. The third kappa shape index (κ3) is 2.51. The first-order chi connectivity index (χ1) is 13.5. The van der Waals surface area contributed by atoms with Gasteiger partial charge in [0.15, 0.2) is 5.75 Å². The minimum absolute atomic E-state index is 0.151. The normalized spacial score (nSPS) is 21.0. The summed E-state index contributed by atoms with van der Waals surface area (Å²) in [5.41, 5.74) is 7.40. The highest BCUT2D eigenvalue weighted by atomic mass is 32.1. The van der Waals surface area contributed by atoms with Crippen molar-refractivity contribution >= 4 is 38.3 Å². The molecule has 1 aliphatic carbocycles. The predicted octanol–water partition coefficient (Wildman–Crippen LogP) is 2.42. The predicted molar refractivity (Wildman–Crippen MR) is 113 cm³/mol. The van der Waals surface area contributed by atoms with Crippen molar-refractivity contribution in [2.45, 2.75) is 38.3 Å². The number of aromatic amines is 1. The summed E-state index contributed by atoms with van der Waals surface area (Å²) in [5.74, 6) is 1.16. The highest BCUT2D eigenvalue weighted by Gasteiger charge is 2.32. The molecule has 2 aliphatic rings. The number of nitrogens with two attached hydrogens (primary N) is 1. The zero-order chi connectivity index (χ0) is 19.6. The second-order valence-corrected chi connectivity index (χ2v) is 8.81. The maximum absolute atomic E-state index is 13.1. The molecule has 1 aromatic carbocycles. The topological polar surface area (TPSA) is 93.3 Å². The van der Waals surface area contributed by atoms with Crippen LogP contribution in [0.25, 0.3) is 21.1 Å². The third-order valence-electron chi connectivity index (χ3n) is 6.15. The monoisotopic (exact) mass is 400 g/mol. The molecular formula is C20H24N4O3S. The van der Waals surface area contributed by atoms with Gasteiger partial charge in [0.1, 0.15) is 10.2 Å². The standard InChI is InChI=1S/C20H24N4O3S/c1-10(21)11-7-8-23(9-11)14-6-5-13-16(18(14)27-2)24(12-3-4-12)20-15(17(13)25)19(26)22-28-20/h5-6,10-12H,3-4,7-9,21H2,1-2H3,(H,22,26)/t10-,11+/m0/s1. The Bertz CT molecular complexity index is 1190. The van der Waals surface area contributed by atoms with Crippen molar-refractivity contribution < 1.29 is 4.74 Å². The number of nitrogens with one attached hydrogen (secondary N) is 1. The van der Waals surface area contributed by atoms with Crippen LogP contribution in [-0.4, -0.2) is 35.2 Å². The van der Waals surface area contributed by atoms with Gasteiger partial charge in [0.25, 0.3) is 5.56 Å². The zero-order valence-corrected chi connectivity index (χ0v) is 16.8. The number of nitrogens with zero attached hydrogens (tertiary/aromatic N) is 2. The molecule has 0 bridgehead atoms. The van der Waals surface area contributed by atoms with Crippen LogP contribution >= 0.6 is 11.5 Å². The molecule has 28 heavy (non-hydrogen) atoms. The molecule has 3 heterocycles. The fourth-order valence-electron chi connectivity index (χ4n) is 4.45. The maximum atomic E-state index is 13.1. The van der Waals surface area contributed by atoms with E-state index in [0.29, 0.717) is 17.3 Å². The molecule has 1 aliphatic heterocycles. The van der Waals surface area contributed by atoms with Crippen LogP contribution in [0.3, 0.4) is 0 Å². The van der Waals surface area contributed by atoms with Gasteiger partial charge >= 0.3 is 0 Å². The zero-order valence-electron chi connectivity index (χ0n) is 16.0. The summed E-state index contributed by atoms with van der Waals surface area (Å²) in [5, 5.41) is 0.809. The highest BCUT2D eigenvalue weighted by Crippen LogP contribution is 2.45. The summed E-state index contributed by atoms with van der Waals surface area (Å²) in [6.45, 7) is 3.86. The van der Waals surface area contributed by atoms with Crippen molar-refractivity contribution in [2.75, 3.05) is 25.1 Å². The quantitative estimate of drug-likeness (QED) is 0.702. The molecule has 3 aromatic rings. The average Bonchev–Trinajstić information content (AvgIpc) is 3.25. The molecule has 3 N–H and O–H groups in total. The summed E-state index contributed by atoms with van der Waals surface area (Å²) in [4.78, 5) is 28.4. The Balaban J connectivity index is 1.80. The molecule has 0 radical (unpaired) electrons. The fraction of sp³-hybridized carbons (Fsp3) is 0.500. The first-order valence-electron chi connectivity index (χ1n) is 9.78. The van der Waals surface area contributed by atoms with E-state index in [1.54, 1.807) is 7.11 Å². The van der Waals surface area contributed by atoms with Gasteiger partial charge in [0.05, 0.1) is 23.7 Å². The molecule has 5 rings (SSSR count). The average molecular weight is 401 g/mol. The van der Waals surface area contributed by atoms with Gasteiger partial charge in [0.2, 0.25) is 5.43 Å². The molecule has 2 fully saturated rings. The third-order valence-corrected chi connectivity index (χ3v) is 7.03. The van der Waals surface area contributed by atoms with Crippen molar-refractivity contribution in [3.05, 3.63) is 32.7 Å². The van der Waals surface area contributed by atoms with Gasteiger partial charge in [0, 0.05) is 25.2 Å². The van der Waals surface area contributed by atoms with Crippen molar-refractivity contribution in [1.82, 2.24) is 8.94 Å². The van der Waals surface area contributed by atoms with Crippen LogP contribution in [0.4, 0.5) is 5.69 Å². The number of hydrogen-bond acceptors (Lipinski definition) is 6. The number of methoxy groups -OCH3 is 1. The molecule has 0 spiro atoms. The van der Waals surface area contributed by atoms with Crippen molar-refractivity contribution in [1.29, 1.82) is 0 Å².